The summed E-state index contributed by atoms with van der Waals surface area (Å²) in [5, 5.41) is 9.91. The maximum Gasteiger partial charge on any atom is 0.311 e. The fourth-order valence-corrected chi connectivity index (χ4v) is 4.01. The van der Waals surface area contributed by atoms with E-state index < -0.39 is 11.9 Å². The average Bonchev–Trinajstić information content (AvgIpc) is 2.83. The number of aromatic nitrogens is 1. The number of thiazole rings is 1. The molecular weight excluding hydrogens is 322 g/mol. The highest BCUT2D eigenvalue weighted by Crippen LogP contribution is 2.37. The molecule has 2 heterocycles. The van der Waals surface area contributed by atoms with Crippen LogP contribution in [0, 0.1) is 6.92 Å². The van der Waals surface area contributed by atoms with Gasteiger partial charge in [-0.05, 0) is 41.9 Å². The first-order valence-electron chi connectivity index (χ1n) is 4.95. The first-order chi connectivity index (χ1) is 7.99. The summed E-state index contributed by atoms with van der Waals surface area (Å²) >= 11 is 6.47. The smallest absolute Gasteiger partial charge is 0.311 e. The van der Waals surface area contributed by atoms with Crippen LogP contribution in [0.1, 0.15) is 23.4 Å². The Labute approximate surface area is 115 Å². The van der Waals surface area contributed by atoms with Gasteiger partial charge in [-0.15, -0.1) is 22.7 Å². The molecule has 0 bridgehead atoms. The van der Waals surface area contributed by atoms with Crippen molar-refractivity contribution in [3.63, 3.8) is 0 Å². The monoisotopic (exact) mass is 331 g/mol. The third-order valence-electron chi connectivity index (χ3n) is 2.38. The fraction of sp³-hybridized carbons (Fsp3) is 0.273. The van der Waals surface area contributed by atoms with Gasteiger partial charge in [-0.3, -0.25) is 4.79 Å². The lowest BCUT2D eigenvalue weighted by atomic mass is 10.1. The number of halogens is 1. The number of hydrogen-bond donors (Lipinski definition) is 1. The zero-order valence-electron chi connectivity index (χ0n) is 9.23. The Kier molecular flexibility index (Phi) is 3.65. The van der Waals surface area contributed by atoms with Crippen molar-refractivity contribution in [1.82, 2.24) is 4.98 Å². The van der Waals surface area contributed by atoms with Gasteiger partial charge < -0.3 is 5.11 Å². The van der Waals surface area contributed by atoms with E-state index in [1.165, 1.54) is 11.3 Å². The van der Waals surface area contributed by atoms with Crippen LogP contribution in [0.5, 0.6) is 0 Å². The third kappa shape index (κ3) is 2.59. The Hall–Kier alpha value is -0.720. The summed E-state index contributed by atoms with van der Waals surface area (Å²) in [6.07, 6.45) is 0. The Balaban J connectivity index is 2.40. The van der Waals surface area contributed by atoms with E-state index in [0.717, 1.165) is 24.2 Å². The summed E-state index contributed by atoms with van der Waals surface area (Å²) in [4.78, 5) is 17.3. The normalized spacial score (nSPS) is 12.6. The lowest BCUT2D eigenvalue weighted by Crippen LogP contribution is -2.06. The number of aliphatic carboxylic acids is 1. The molecular formula is C11H10BrNO2S2. The highest BCUT2D eigenvalue weighted by Gasteiger charge is 2.21. The maximum absolute atomic E-state index is 11.0. The van der Waals surface area contributed by atoms with Crippen LogP contribution in [0.3, 0.4) is 0 Å². The molecule has 0 aliphatic heterocycles. The molecule has 3 nitrogen and oxygen atoms in total. The second-order valence-corrected chi connectivity index (χ2v) is 7.13. The predicted molar refractivity (Wildman–Crippen MR) is 73.9 cm³/mol. The molecule has 2 aromatic heterocycles. The van der Waals surface area contributed by atoms with Crippen LogP contribution in [-0.2, 0) is 4.79 Å². The Morgan fingerprint density at radius 3 is 2.71 bits per heavy atom. The van der Waals surface area contributed by atoms with Gasteiger partial charge in [0.25, 0.3) is 0 Å². The van der Waals surface area contributed by atoms with Gasteiger partial charge >= 0.3 is 5.97 Å². The summed E-state index contributed by atoms with van der Waals surface area (Å²) in [5.74, 6) is -1.31. The van der Waals surface area contributed by atoms with Crippen LogP contribution in [0.25, 0.3) is 9.88 Å². The molecule has 0 saturated heterocycles. The van der Waals surface area contributed by atoms with E-state index in [4.69, 9.17) is 5.11 Å². The number of rotatable bonds is 3. The van der Waals surface area contributed by atoms with Crippen LogP contribution < -0.4 is 0 Å². The molecule has 0 fully saturated rings. The standard InChI is InChI=1S/C11H10BrNO2S2/c1-5(11(14)15)9-6(2)13-10(17-9)7-3-4-8(12)16-7/h3-5H,1-2H3,(H,14,15). The van der Waals surface area contributed by atoms with E-state index in [1.54, 1.807) is 18.3 Å². The molecule has 1 unspecified atom stereocenters. The van der Waals surface area contributed by atoms with Gasteiger partial charge in [0.05, 0.1) is 20.3 Å². The Morgan fingerprint density at radius 1 is 1.47 bits per heavy atom. The molecule has 1 N–H and O–H groups in total. The van der Waals surface area contributed by atoms with Gasteiger partial charge in [0.1, 0.15) is 5.01 Å². The van der Waals surface area contributed by atoms with Crippen LogP contribution in [-0.4, -0.2) is 16.1 Å². The van der Waals surface area contributed by atoms with Crippen molar-refractivity contribution < 1.29 is 9.90 Å². The zero-order chi connectivity index (χ0) is 12.6. The van der Waals surface area contributed by atoms with Gasteiger partial charge in [-0.2, -0.15) is 0 Å². The minimum atomic E-state index is -0.810. The second kappa shape index (κ2) is 4.88. The van der Waals surface area contributed by atoms with Gasteiger partial charge in [0.2, 0.25) is 0 Å². The van der Waals surface area contributed by atoms with Crippen molar-refractivity contribution in [2.45, 2.75) is 19.8 Å². The number of carboxylic acid groups (broad SMARTS) is 1. The van der Waals surface area contributed by atoms with Gasteiger partial charge in [0.15, 0.2) is 0 Å². The van der Waals surface area contributed by atoms with Gasteiger partial charge in [0, 0.05) is 4.88 Å². The molecule has 17 heavy (non-hydrogen) atoms. The average molecular weight is 332 g/mol. The molecule has 0 saturated carbocycles. The summed E-state index contributed by atoms with van der Waals surface area (Å²) in [6.45, 7) is 3.55. The van der Waals surface area contributed by atoms with E-state index in [9.17, 15) is 4.79 Å². The molecule has 1 atom stereocenters. The lowest BCUT2D eigenvalue weighted by molar-refractivity contribution is -0.138. The Bertz CT molecular complexity index is 562. The molecule has 0 aromatic carbocycles. The van der Waals surface area contributed by atoms with E-state index in [-0.39, 0.29) is 0 Å². The molecule has 0 amide bonds. The second-order valence-electron chi connectivity index (χ2n) is 3.63. The lowest BCUT2D eigenvalue weighted by Gasteiger charge is -2.02. The van der Waals surface area contributed by atoms with Crippen molar-refractivity contribution in [1.29, 1.82) is 0 Å². The van der Waals surface area contributed by atoms with Crippen LogP contribution >= 0.6 is 38.6 Å². The quantitative estimate of drug-likeness (QED) is 0.919. The molecule has 0 spiro atoms. The molecule has 0 aliphatic carbocycles. The number of aryl methyl sites for hydroxylation is 1. The number of thiophene rings is 1. The Morgan fingerprint density at radius 2 is 2.18 bits per heavy atom. The van der Waals surface area contributed by atoms with E-state index in [0.29, 0.717) is 0 Å². The van der Waals surface area contributed by atoms with Crippen molar-refractivity contribution in [2.24, 2.45) is 0 Å². The minimum absolute atomic E-state index is 0.496. The van der Waals surface area contributed by atoms with Crippen molar-refractivity contribution in [3.05, 3.63) is 26.5 Å². The number of carbonyl (C=O) groups is 1. The first kappa shape index (κ1) is 12.7. The summed E-state index contributed by atoms with van der Waals surface area (Å²) in [5.41, 5.74) is 0.810. The summed E-state index contributed by atoms with van der Waals surface area (Å²) in [7, 11) is 0. The van der Waals surface area contributed by atoms with Crippen molar-refractivity contribution >= 4 is 44.6 Å². The molecule has 90 valence electrons. The molecule has 2 aromatic rings. The van der Waals surface area contributed by atoms with Crippen LogP contribution in [0.15, 0.2) is 15.9 Å². The maximum atomic E-state index is 11.0. The topological polar surface area (TPSA) is 50.2 Å². The van der Waals surface area contributed by atoms with Gasteiger partial charge in [-0.1, -0.05) is 0 Å². The first-order valence-corrected chi connectivity index (χ1v) is 7.37. The van der Waals surface area contributed by atoms with Crippen LogP contribution in [0.4, 0.5) is 0 Å². The predicted octanol–water partition coefficient (Wildman–Crippen LogP) is 4.13. The summed E-state index contributed by atoms with van der Waals surface area (Å²) < 4.78 is 1.05. The van der Waals surface area contributed by atoms with E-state index >= 15 is 0 Å². The number of carboxylic acids is 1. The van der Waals surface area contributed by atoms with Gasteiger partial charge in [-0.25, -0.2) is 4.98 Å². The largest absolute Gasteiger partial charge is 0.481 e. The van der Waals surface area contributed by atoms with Crippen molar-refractivity contribution in [3.8, 4) is 9.88 Å². The third-order valence-corrected chi connectivity index (χ3v) is 5.51. The van der Waals surface area contributed by atoms with E-state index in [2.05, 4.69) is 20.9 Å². The van der Waals surface area contributed by atoms with Crippen LogP contribution in [0.2, 0.25) is 0 Å². The molecule has 6 heteroatoms. The fourth-order valence-electron chi connectivity index (χ4n) is 1.46. The molecule has 2 rings (SSSR count). The molecule has 0 aliphatic rings. The van der Waals surface area contributed by atoms with Crippen molar-refractivity contribution in [2.75, 3.05) is 0 Å². The number of hydrogen-bond acceptors (Lipinski definition) is 4. The highest BCUT2D eigenvalue weighted by atomic mass is 79.9. The SMILES string of the molecule is Cc1nc(-c2ccc(Br)s2)sc1C(C)C(=O)O. The zero-order valence-corrected chi connectivity index (χ0v) is 12.4. The molecule has 0 radical (unpaired) electrons. The summed E-state index contributed by atoms with van der Waals surface area (Å²) in [6, 6.07) is 3.96. The minimum Gasteiger partial charge on any atom is -0.481 e. The number of nitrogens with zero attached hydrogens (tertiary/aromatic N) is 1. The van der Waals surface area contributed by atoms with E-state index in [1.807, 2.05) is 19.1 Å². The highest BCUT2D eigenvalue weighted by molar-refractivity contribution is 9.11.